The Bertz CT molecular complexity index is 637. The van der Waals surface area contributed by atoms with Gasteiger partial charge in [-0.15, -0.1) is 0 Å². The molecule has 0 aliphatic heterocycles. The Morgan fingerprint density at radius 2 is 0.809 bits per heavy atom. The quantitative estimate of drug-likeness (QED) is 0.0453. The van der Waals surface area contributed by atoms with Crippen LogP contribution < -0.4 is 5.32 Å². The summed E-state index contributed by atoms with van der Waals surface area (Å²) < 4.78 is 0. The summed E-state index contributed by atoms with van der Waals surface area (Å²) in [6, 6.07) is -0.540. The summed E-state index contributed by atoms with van der Waals surface area (Å²) >= 11 is 0. The standard InChI is InChI=1S/C43H85NO3/c1-3-5-7-9-11-13-15-17-18-19-20-21-22-23-24-25-27-28-30-32-34-36-38-42(46)41(40-45)44-43(47)39-37-35-33-31-29-26-16-14-12-10-8-6-4-2/h26,29,41-42,45-46H,3-25,27-28,30-40H2,1-2H3,(H,44,47)/b29-26-. The lowest BCUT2D eigenvalue weighted by molar-refractivity contribution is -0.123. The van der Waals surface area contributed by atoms with E-state index in [0.717, 1.165) is 38.5 Å². The smallest absolute Gasteiger partial charge is 0.220 e. The number of unbranched alkanes of at least 4 members (excludes halogenated alkanes) is 30. The lowest BCUT2D eigenvalue weighted by Gasteiger charge is -2.22. The van der Waals surface area contributed by atoms with Crippen LogP contribution in [0.4, 0.5) is 0 Å². The number of carbonyl (C=O) groups excluding carboxylic acids is 1. The van der Waals surface area contributed by atoms with Gasteiger partial charge in [-0.25, -0.2) is 0 Å². The van der Waals surface area contributed by atoms with Crippen molar-refractivity contribution in [3.63, 3.8) is 0 Å². The van der Waals surface area contributed by atoms with Crippen LogP contribution in [-0.4, -0.2) is 34.9 Å². The molecule has 4 nitrogen and oxygen atoms in total. The van der Waals surface area contributed by atoms with E-state index >= 15 is 0 Å². The van der Waals surface area contributed by atoms with Gasteiger partial charge >= 0.3 is 0 Å². The highest BCUT2D eigenvalue weighted by molar-refractivity contribution is 5.76. The van der Waals surface area contributed by atoms with E-state index in [1.54, 1.807) is 0 Å². The van der Waals surface area contributed by atoms with Crippen LogP contribution in [-0.2, 0) is 4.79 Å². The van der Waals surface area contributed by atoms with Gasteiger partial charge in [0.1, 0.15) is 0 Å². The molecule has 0 heterocycles. The third-order valence-electron chi connectivity index (χ3n) is 10.0. The lowest BCUT2D eigenvalue weighted by atomic mass is 10.0. The predicted molar refractivity (Wildman–Crippen MR) is 207 cm³/mol. The van der Waals surface area contributed by atoms with Crippen molar-refractivity contribution >= 4 is 5.91 Å². The van der Waals surface area contributed by atoms with E-state index in [9.17, 15) is 15.0 Å². The number of hydrogen-bond acceptors (Lipinski definition) is 3. The van der Waals surface area contributed by atoms with E-state index < -0.39 is 12.1 Å². The normalized spacial score (nSPS) is 13.0. The third-order valence-corrected chi connectivity index (χ3v) is 10.0. The first-order chi connectivity index (χ1) is 23.2. The van der Waals surface area contributed by atoms with E-state index in [1.807, 2.05) is 0 Å². The number of nitrogens with one attached hydrogen (secondary N) is 1. The SMILES string of the molecule is CCCCCCCC/C=C\CCCCCC(=O)NC(CO)C(O)CCCCCCCCCCCCCCCCCCCCCCCC. The molecule has 0 aromatic carbocycles. The molecule has 0 spiro atoms. The molecule has 0 saturated carbocycles. The van der Waals surface area contributed by atoms with Crippen molar-refractivity contribution in [3.05, 3.63) is 12.2 Å². The van der Waals surface area contributed by atoms with Crippen molar-refractivity contribution in [2.45, 2.75) is 251 Å². The Labute approximate surface area is 295 Å². The molecule has 2 atom stereocenters. The monoisotopic (exact) mass is 664 g/mol. The van der Waals surface area contributed by atoms with Crippen molar-refractivity contribution in [1.29, 1.82) is 0 Å². The highest BCUT2D eigenvalue weighted by Gasteiger charge is 2.19. The van der Waals surface area contributed by atoms with E-state index in [-0.39, 0.29) is 12.5 Å². The Morgan fingerprint density at radius 1 is 0.489 bits per heavy atom. The van der Waals surface area contributed by atoms with Crippen LogP contribution >= 0.6 is 0 Å². The van der Waals surface area contributed by atoms with Gasteiger partial charge in [0.05, 0.1) is 18.8 Å². The van der Waals surface area contributed by atoms with Gasteiger partial charge in [-0.05, 0) is 38.5 Å². The Morgan fingerprint density at radius 3 is 1.17 bits per heavy atom. The molecule has 0 rings (SSSR count). The first-order valence-electron chi connectivity index (χ1n) is 21.4. The molecular formula is C43H85NO3. The zero-order valence-corrected chi connectivity index (χ0v) is 32.1. The van der Waals surface area contributed by atoms with Gasteiger partial charge in [0.2, 0.25) is 5.91 Å². The molecule has 3 N–H and O–H groups in total. The van der Waals surface area contributed by atoms with E-state index in [2.05, 4.69) is 31.3 Å². The molecule has 0 aromatic rings. The first kappa shape index (κ1) is 46.1. The summed E-state index contributed by atoms with van der Waals surface area (Å²) in [5.74, 6) is -0.0456. The maximum absolute atomic E-state index is 12.3. The second kappa shape index (κ2) is 39.6. The Balaban J connectivity index is 3.48. The molecule has 0 bridgehead atoms. The molecule has 0 saturated heterocycles. The van der Waals surface area contributed by atoms with Gasteiger partial charge in [-0.3, -0.25) is 4.79 Å². The molecule has 2 unspecified atom stereocenters. The van der Waals surface area contributed by atoms with Gasteiger partial charge in [0.15, 0.2) is 0 Å². The summed E-state index contributed by atoms with van der Waals surface area (Å²) in [6.45, 7) is 4.35. The van der Waals surface area contributed by atoms with Crippen LogP contribution in [0.2, 0.25) is 0 Å². The average Bonchev–Trinajstić information content (AvgIpc) is 3.07. The fraction of sp³-hybridized carbons (Fsp3) is 0.930. The van der Waals surface area contributed by atoms with Crippen LogP contribution in [0.5, 0.6) is 0 Å². The molecule has 0 radical (unpaired) electrons. The van der Waals surface area contributed by atoms with Crippen LogP contribution in [0.15, 0.2) is 12.2 Å². The van der Waals surface area contributed by atoms with Crippen molar-refractivity contribution < 1.29 is 15.0 Å². The molecule has 0 aliphatic rings. The summed E-state index contributed by atoms with van der Waals surface area (Å²) in [5.41, 5.74) is 0. The zero-order valence-electron chi connectivity index (χ0n) is 32.1. The fourth-order valence-electron chi connectivity index (χ4n) is 6.71. The largest absolute Gasteiger partial charge is 0.394 e. The van der Waals surface area contributed by atoms with Gasteiger partial charge in [-0.1, -0.05) is 206 Å². The molecule has 0 aromatic heterocycles. The number of rotatable bonds is 39. The molecule has 4 heteroatoms. The van der Waals surface area contributed by atoms with Gasteiger partial charge in [0.25, 0.3) is 0 Å². The first-order valence-corrected chi connectivity index (χ1v) is 21.4. The minimum Gasteiger partial charge on any atom is -0.394 e. The molecule has 47 heavy (non-hydrogen) atoms. The fourth-order valence-corrected chi connectivity index (χ4v) is 6.71. The summed E-state index contributed by atoms with van der Waals surface area (Å²) in [6.07, 6.45) is 48.6. The molecule has 0 aliphatic carbocycles. The number of allylic oxidation sites excluding steroid dienone is 2. The molecule has 1 amide bonds. The summed E-state index contributed by atoms with van der Waals surface area (Å²) in [5, 5.41) is 23.1. The van der Waals surface area contributed by atoms with Gasteiger partial charge in [0, 0.05) is 6.42 Å². The third kappa shape index (κ3) is 36.2. The van der Waals surface area contributed by atoms with Gasteiger partial charge < -0.3 is 15.5 Å². The number of aliphatic hydroxyl groups is 2. The molecule has 280 valence electrons. The van der Waals surface area contributed by atoms with Gasteiger partial charge in [-0.2, -0.15) is 0 Å². The van der Waals surface area contributed by atoms with Crippen LogP contribution in [0.3, 0.4) is 0 Å². The number of carbonyl (C=O) groups is 1. The molecular weight excluding hydrogens is 578 g/mol. The Kier molecular flexibility index (Phi) is 38.8. The zero-order chi connectivity index (χ0) is 34.3. The van der Waals surface area contributed by atoms with E-state index in [0.29, 0.717) is 12.8 Å². The highest BCUT2D eigenvalue weighted by atomic mass is 16.3. The summed E-state index contributed by atoms with van der Waals surface area (Å²) in [4.78, 5) is 12.3. The minimum atomic E-state index is -0.661. The average molecular weight is 664 g/mol. The van der Waals surface area contributed by atoms with Crippen LogP contribution in [0, 0.1) is 0 Å². The number of hydrogen-bond donors (Lipinski definition) is 3. The maximum Gasteiger partial charge on any atom is 0.220 e. The Hall–Kier alpha value is -0.870. The topological polar surface area (TPSA) is 69.6 Å². The van der Waals surface area contributed by atoms with Crippen molar-refractivity contribution in [2.75, 3.05) is 6.61 Å². The van der Waals surface area contributed by atoms with E-state index in [4.69, 9.17) is 0 Å². The lowest BCUT2D eigenvalue weighted by Crippen LogP contribution is -2.45. The second-order valence-electron chi connectivity index (χ2n) is 14.8. The van der Waals surface area contributed by atoms with Crippen LogP contribution in [0.1, 0.15) is 239 Å². The van der Waals surface area contributed by atoms with E-state index in [1.165, 1.54) is 173 Å². The highest BCUT2D eigenvalue weighted by Crippen LogP contribution is 2.16. The second-order valence-corrected chi connectivity index (χ2v) is 14.8. The van der Waals surface area contributed by atoms with Crippen LogP contribution in [0.25, 0.3) is 0 Å². The van der Waals surface area contributed by atoms with Crippen molar-refractivity contribution in [3.8, 4) is 0 Å². The predicted octanol–water partition coefficient (Wildman–Crippen LogP) is 13.1. The molecule has 0 fully saturated rings. The summed E-state index contributed by atoms with van der Waals surface area (Å²) in [7, 11) is 0. The van der Waals surface area contributed by atoms with Crippen molar-refractivity contribution in [2.24, 2.45) is 0 Å². The maximum atomic E-state index is 12.3. The minimum absolute atomic E-state index is 0.0456. The number of aliphatic hydroxyl groups excluding tert-OH is 2. The number of amides is 1. The van der Waals surface area contributed by atoms with Crippen molar-refractivity contribution in [1.82, 2.24) is 5.32 Å².